The molecule has 0 aliphatic heterocycles. The van der Waals surface area contributed by atoms with E-state index in [4.69, 9.17) is 10.2 Å². The molecule has 0 aromatic heterocycles. The van der Waals surface area contributed by atoms with E-state index in [0.29, 0.717) is 5.92 Å². The highest BCUT2D eigenvalue weighted by Crippen LogP contribution is 2.41. The van der Waals surface area contributed by atoms with Gasteiger partial charge >= 0.3 is 0 Å². The van der Waals surface area contributed by atoms with Crippen molar-refractivity contribution in [2.24, 2.45) is 28.0 Å². The second kappa shape index (κ2) is 5.46. The molecule has 3 unspecified atom stereocenters. The van der Waals surface area contributed by atoms with E-state index >= 15 is 0 Å². The van der Waals surface area contributed by atoms with Gasteiger partial charge < -0.3 is 0 Å². The largest absolute Gasteiger partial charge is 0.160 e. The number of fused-ring (bicyclic) bond motifs is 2. The number of nitrogens with zero attached hydrogens (tertiary/aromatic N) is 2. The van der Waals surface area contributed by atoms with Gasteiger partial charge in [0.1, 0.15) is 0 Å². The Hall–Kier alpha value is -0.920. The summed E-state index contributed by atoms with van der Waals surface area (Å²) in [6.45, 7) is 0. The van der Waals surface area contributed by atoms with Crippen molar-refractivity contribution >= 4 is 11.4 Å². The highest BCUT2D eigenvalue weighted by atomic mass is 15.2. The minimum absolute atomic E-state index is 0.663. The fraction of sp³-hybridized carbons (Fsp3) is 0.778. The highest BCUT2D eigenvalue weighted by molar-refractivity contribution is 5.93. The van der Waals surface area contributed by atoms with Crippen molar-refractivity contribution in [1.29, 1.82) is 0 Å². The second-order valence-electron chi connectivity index (χ2n) is 7.13. The van der Waals surface area contributed by atoms with Gasteiger partial charge in [0.05, 0.1) is 0 Å². The summed E-state index contributed by atoms with van der Waals surface area (Å²) in [7, 11) is 0. The zero-order valence-electron chi connectivity index (χ0n) is 12.5. The van der Waals surface area contributed by atoms with E-state index in [0.717, 1.165) is 18.3 Å². The van der Waals surface area contributed by atoms with Crippen molar-refractivity contribution in [2.45, 2.75) is 70.6 Å². The number of rotatable bonds is 1. The highest BCUT2D eigenvalue weighted by Gasteiger charge is 2.34. The Morgan fingerprint density at radius 3 is 2.65 bits per heavy atom. The average molecular weight is 270 g/mol. The molecule has 0 aromatic rings. The molecule has 0 aromatic carbocycles. The van der Waals surface area contributed by atoms with E-state index in [1.807, 2.05) is 0 Å². The van der Waals surface area contributed by atoms with Gasteiger partial charge in [0.15, 0.2) is 0 Å². The van der Waals surface area contributed by atoms with Gasteiger partial charge in [-0.3, -0.25) is 0 Å². The molecular formula is C18H26N2. The molecule has 4 aliphatic carbocycles. The molecular weight excluding hydrogens is 244 g/mol. The molecule has 4 rings (SSSR count). The third-order valence-corrected chi connectivity index (χ3v) is 6.02. The first-order chi connectivity index (χ1) is 9.92. The Morgan fingerprint density at radius 2 is 1.65 bits per heavy atom. The topological polar surface area (TPSA) is 24.7 Å². The van der Waals surface area contributed by atoms with E-state index in [-0.39, 0.29) is 0 Å². The smallest absolute Gasteiger partial charge is 0.0480 e. The Kier molecular flexibility index (Phi) is 3.49. The maximum atomic E-state index is 4.79. The lowest BCUT2D eigenvalue weighted by molar-refractivity contribution is 0.401. The third kappa shape index (κ3) is 2.27. The first-order valence-electron chi connectivity index (χ1n) is 8.74. The summed E-state index contributed by atoms with van der Waals surface area (Å²) < 4.78 is 0. The first kappa shape index (κ1) is 12.8. The predicted octanol–water partition coefficient (Wildman–Crippen LogP) is 4.90. The minimum atomic E-state index is 0.663. The van der Waals surface area contributed by atoms with Crippen molar-refractivity contribution in [3.8, 4) is 0 Å². The Labute approximate surface area is 122 Å². The van der Waals surface area contributed by atoms with Crippen LogP contribution in [0.25, 0.3) is 0 Å². The Morgan fingerprint density at radius 1 is 0.800 bits per heavy atom. The fourth-order valence-corrected chi connectivity index (χ4v) is 5.00. The number of hydrogen-bond acceptors (Lipinski definition) is 2. The van der Waals surface area contributed by atoms with E-state index in [1.165, 1.54) is 75.6 Å². The van der Waals surface area contributed by atoms with Crippen LogP contribution in [0.1, 0.15) is 70.6 Å². The quantitative estimate of drug-likeness (QED) is 0.478. The van der Waals surface area contributed by atoms with Gasteiger partial charge in [0.25, 0.3) is 0 Å². The van der Waals surface area contributed by atoms with E-state index in [1.54, 1.807) is 5.57 Å². The lowest BCUT2D eigenvalue weighted by Crippen LogP contribution is -2.24. The van der Waals surface area contributed by atoms with Crippen LogP contribution in [0, 0.1) is 17.8 Å². The van der Waals surface area contributed by atoms with E-state index < -0.39 is 0 Å². The molecule has 20 heavy (non-hydrogen) atoms. The first-order valence-corrected chi connectivity index (χ1v) is 8.74. The molecule has 2 heteroatoms. The zero-order chi connectivity index (χ0) is 13.4. The van der Waals surface area contributed by atoms with Gasteiger partial charge in [-0.2, -0.15) is 10.2 Å². The van der Waals surface area contributed by atoms with Crippen LogP contribution in [0.5, 0.6) is 0 Å². The third-order valence-electron chi connectivity index (χ3n) is 6.02. The normalized spacial score (nSPS) is 40.8. The van der Waals surface area contributed by atoms with Gasteiger partial charge in [-0.1, -0.05) is 18.1 Å². The van der Waals surface area contributed by atoms with Crippen molar-refractivity contribution in [3.63, 3.8) is 0 Å². The van der Waals surface area contributed by atoms with E-state index in [2.05, 4.69) is 6.08 Å². The van der Waals surface area contributed by atoms with Crippen LogP contribution in [-0.4, -0.2) is 11.4 Å². The molecule has 3 fully saturated rings. The van der Waals surface area contributed by atoms with Crippen molar-refractivity contribution in [3.05, 3.63) is 11.6 Å². The zero-order valence-corrected chi connectivity index (χ0v) is 12.5. The van der Waals surface area contributed by atoms with Gasteiger partial charge in [0.2, 0.25) is 0 Å². The molecule has 2 nitrogen and oxygen atoms in total. The summed E-state index contributed by atoms with van der Waals surface area (Å²) in [6, 6.07) is 0. The standard InChI is InChI=1S/C18H26N2/c1-5-13-7-3-11-17(15(13)9-1)19-20-18-12-4-8-14-6-2-10-16(14)18/h7,14-16H,1-6,8-12H2. The van der Waals surface area contributed by atoms with Crippen LogP contribution >= 0.6 is 0 Å². The molecule has 3 atom stereocenters. The molecule has 0 heterocycles. The molecule has 0 bridgehead atoms. The molecule has 4 aliphatic rings. The van der Waals surface area contributed by atoms with Crippen LogP contribution in [0.15, 0.2) is 21.9 Å². The van der Waals surface area contributed by atoms with Crippen molar-refractivity contribution in [2.75, 3.05) is 0 Å². The van der Waals surface area contributed by atoms with Crippen LogP contribution in [0.4, 0.5) is 0 Å². The summed E-state index contributed by atoms with van der Waals surface area (Å²) in [5.74, 6) is 2.39. The van der Waals surface area contributed by atoms with Crippen LogP contribution in [-0.2, 0) is 0 Å². The van der Waals surface area contributed by atoms with Gasteiger partial charge in [-0.25, -0.2) is 0 Å². The summed E-state index contributed by atoms with van der Waals surface area (Å²) in [4.78, 5) is 0. The molecule has 0 amide bonds. The summed E-state index contributed by atoms with van der Waals surface area (Å²) in [6.07, 6.45) is 17.0. The minimum Gasteiger partial charge on any atom is -0.160 e. The lowest BCUT2D eigenvalue weighted by atomic mass is 9.80. The van der Waals surface area contributed by atoms with E-state index in [9.17, 15) is 0 Å². The van der Waals surface area contributed by atoms with Gasteiger partial charge in [-0.15, -0.1) is 0 Å². The van der Waals surface area contributed by atoms with Crippen LogP contribution in [0.3, 0.4) is 0 Å². The van der Waals surface area contributed by atoms with Crippen molar-refractivity contribution in [1.82, 2.24) is 0 Å². The molecule has 0 radical (unpaired) electrons. The maximum absolute atomic E-state index is 4.79. The van der Waals surface area contributed by atoms with Gasteiger partial charge in [-0.05, 0) is 70.1 Å². The van der Waals surface area contributed by atoms with Crippen LogP contribution < -0.4 is 0 Å². The fourth-order valence-electron chi connectivity index (χ4n) is 5.00. The molecule has 0 saturated heterocycles. The Balaban J connectivity index is 1.54. The monoisotopic (exact) mass is 270 g/mol. The van der Waals surface area contributed by atoms with Crippen molar-refractivity contribution < 1.29 is 0 Å². The number of allylic oxidation sites excluding steroid dienone is 2. The molecule has 0 N–H and O–H groups in total. The molecule has 3 saturated carbocycles. The Bertz CT molecular complexity index is 472. The molecule has 108 valence electrons. The van der Waals surface area contributed by atoms with Gasteiger partial charge in [0, 0.05) is 23.3 Å². The predicted molar refractivity (Wildman–Crippen MR) is 84.2 cm³/mol. The summed E-state index contributed by atoms with van der Waals surface area (Å²) >= 11 is 0. The number of hydrogen-bond donors (Lipinski definition) is 0. The summed E-state index contributed by atoms with van der Waals surface area (Å²) in [5.41, 5.74) is 4.51. The second-order valence-corrected chi connectivity index (χ2v) is 7.13. The maximum Gasteiger partial charge on any atom is 0.0480 e. The SMILES string of the molecule is C1=C2CCCC2C(=NN=C2CCCC3CCCC23)CC1. The average Bonchev–Trinajstić information content (AvgIpc) is 3.13. The van der Waals surface area contributed by atoms with Crippen LogP contribution in [0.2, 0.25) is 0 Å². The molecule has 0 spiro atoms. The lowest BCUT2D eigenvalue weighted by Gasteiger charge is -2.26. The summed E-state index contributed by atoms with van der Waals surface area (Å²) in [5, 5.41) is 9.56.